The van der Waals surface area contributed by atoms with Gasteiger partial charge < -0.3 is 20.1 Å². The number of hydrogen-bond donors (Lipinski definition) is 2. The zero-order valence-electron chi connectivity index (χ0n) is 18.9. The quantitative estimate of drug-likeness (QED) is 0.452. The van der Waals surface area contributed by atoms with Crippen LogP contribution in [0.1, 0.15) is 49.3 Å². The van der Waals surface area contributed by atoms with Crippen LogP contribution < -0.4 is 10.6 Å². The van der Waals surface area contributed by atoms with E-state index in [1.807, 2.05) is 6.07 Å². The molecule has 0 radical (unpaired) electrons. The molecule has 5 nitrogen and oxygen atoms in total. The minimum absolute atomic E-state index is 0.0136. The molecule has 172 valence electrons. The number of halogens is 1. The number of nitrogens with one attached hydrogen (secondary N) is 2. The van der Waals surface area contributed by atoms with E-state index in [9.17, 15) is 4.39 Å². The van der Waals surface area contributed by atoms with Gasteiger partial charge in [0.1, 0.15) is 5.82 Å². The van der Waals surface area contributed by atoms with Crippen LogP contribution >= 0.6 is 0 Å². The van der Waals surface area contributed by atoms with E-state index in [0.29, 0.717) is 19.3 Å². The van der Waals surface area contributed by atoms with Crippen LogP contribution in [0.2, 0.25) is 0 Å². The number of guanidine groups is 1. The van der Waals surface area contributed by atoms with Crippen LogP contribution in [0.5, 0.6) is 0 Å². The maximum atomic E-state index is 13.7. The summed E-state index contributed by atoms with van der Waals surface area (Å²) in [5.74, 6) is 0.620. The van der Waals surface area contributed by atoms with E-state index in [-0.39, 0.29) is 11.2 Å². The molecule has 4 rings (SSSR count). The zero-order chi connectivity index (χ0) is 22.2. The van der Waals surface area contributed by atoms with Gasteiger partial charge in [0.05, 0.1) is 19.3 Å². The van der Waals surface area contributed by atoms with Crippen molar-refractivity contribution in [2.75, 3.05) is 26.3 Å². The Morgan fingerprint density at radius 3 is 2.62 bits per heavy atom. The second-order valence-corrected chi connectivity index (χ2v) is 8.78. The van der Waals surface area contributed by atoms with E-state index in [0.717, 1.165) is 69.1 Å². The van der Waals surface area contributed by atoms with Crippen molar-refractivity contribution in [2.24, 2.45) is 4.99 Å². The molecule has 2 fully saturated rings. The Balaban J connectivity index is 1.33. The highest BCUT2D eigenvalue weighted by atomic mass is 19.1. The predicted octanol–water partition coefficient (Wildman–Crippen LogP) is 4.31. The van der Waals surface area contributed by atoms with E-state index in [4.69, 9.17) is 14.5 Å². The fraction of sp³-hybridized carbons (Fsp3) is 0.500. The molecule has 1 aliphatic heterocycles. The summed E-state index contributed by atoms with van der Waals surface area (Å²) >= 11 is 0. The van der Waals surface area contributed by atoms with Crippen molar-refractivity contribution in [3.8, 4) is 0 Å². The smallest absolute Gasteiger partial charge is 0.191 e. The lowest BCUT2D eigenvalue weighted by Crippen LogP contribution is -2.41. The molecule has 6 heteroatoms. The van der Waals surface area contributed by atoms with Crippen LogP contribution in [0.25, 0.3) is 0 Å². The third-order valence-electron chi connectivity index (χ3n) is 6.29. The van der Waals surface area contributed by atoms with Gasteiger partial charge in [0.25, 0.3) is 0 Å². The van der Waals surface area contributed by atoms with Crippen molar-refractivity contribution in [1.82, 2.24) is 10.6 Å². The summed E-state index contributed by atoms with van der Waals surface area (Å²) in [5.41, 5.74) is 3.41. The average molecular weight is 440 g/mol. The van der Waals surface area contributed by atoms with Crippen molar-refractivity contribution in [1.29, 1.82) is 0 Å². The molecule has 1 heterocycles. The number of hydrogen-bond acceptors (Lipinski definition) is 3. The van der Waals surface area contributed by atoms with Crippen LogP contribution in [-0.2, 0) is 28.0 Å². The maximum Gasteiger partial charge on any atom is 0.191 e. The summed E-state index contributed by atoms with van der Waals surface area (Å²) in [5, 5.41) is 6.80. The number of rotatable bonds is 9. The van der Waals surface area contributed by atoms with Gasteiger partial charge in [-0.3, -0.25) is 0 Å². The number of benzene rings is 2. The van der Waals surface area contributed by atoms with Crippen molar-refractivity contribution in [3.05, 3.63) is 71.0 Å². The van der Waals surface area contributed by atoms with E-state index in [1.165, 1.54) is 11.6 Å². The summed E-state index contributed by atoms with van der Waals surface area (Å²) in [7, 11) is 0. The van der Waals surface area contributed by atoms with Gasteiger partial charge >= 0.3 is 0 Å². The Hall–Kier alpha value is -2.44. The molecular weight excluding hydrogens is 405 g/mol. The first-order chi connectivity index (χ1) is 15.7. The Kier molecular flexibility index (Phi) is 7.76. The Bertz CT molecular complexity index is 907. The molecule has 2 aromatic carbocycles. The summed E-state index contributed by atoms with van der Waals surface area (Å²) in [4.78, 5) is 4.78. The number of ether oxygens (including phenoxy) is 2. The minimum atomic E-state index is -0.171. The Labute approximate surface area is 190 Å². The monoisotopic (exact) mass is 439 g/mol. The standard InChI is InChI=1S/C26H34FN3O2/c1-2-28-25(30-19-26(11-12-26)22-7-4-8-23(27)16-22)29-17-20-5-3-6-21(15-20)18-32-24-9-13-31-14-10-24/h3-8,15-16,24H,2,9-14,17-19H2,1H3,(H2,28,29,30). The van der Waals surface area contributed by atoms with E-state index in [1.54, 1.807) is 12.1 Å². The van der Waals surface area contributed by atoms with E-state index < -0.39 is 0 Å². The molecule has 0 unspecified atom stereocenters. The highest BCUT2D eigenvalue weighted by Gasteiger charge is 2.44. The van der Waals surface area contributed by atoms with Gasteiger partial charge in [0.15, 0.2) is 5.96 Å². The number of nitrogens with zero attached hydrogens (tertiary/aromatic N) is 1. The predicted molar refractivity (Wildman–Crippen MR) is 125 cm³/mol. The molecule has 0 aromatic heterocycles. The topological polar surface area (TPSA) is 54.9 Å². The first-order valence-corrected chi connectivity index (χ1v) is 11.7. The van der Waals surface area contributed by atoms with Gasteiger partial charge in [-0.25, -0.2) is 9.38 Å². The minimum Gasteiger partial charge on any atom is -0.381 e. The molecule has 1 saturated heterocycles. The molecule has 1 saturated carbocycles. The van der Waals surface area contributed by atoms with Crippen LogP contribution in [-0.4, -0.2) is 38.4 Å². The molecule has 1 aliphatic carbocycles. The molecule has 0 atom stereocenters. The lowest BCUT2D eigenvalue weighted by molar-refractivity contribution is -0.0390. The highest BCUT2D eigenvalue weighted by molar-refractivity contribution is 5.80. The van der Waals surface area contributed by atoms with Gasteiger partial charge in [-0.2, -0.15) is 0 Å². The van der Waals surface area contributed by atoms with Crippen molar-refractivity contribution in [3.63, 3.8) is 0 Å². The van der Waals surface area contributed by atoms with Gasteiger partial charge in [0, 0.05) is 31.7 Å². The van der Waals surface area contributed by atoms with Crippen LogP contribution in [0, 0.1) is 5.82 Å². The second kappa shape index (κ2) is 10.9. The summed E-state index contributed by atoms with van der Waals surface area (Å²) in [6.45, 7) is 6.40. The van der Waals surface area contributed by atoms with Crippen LogP contribution in [0.3, 0.4) is 0 Å². The molecule has 2 aromatic rings. The fourth-order valence-corrected chi connectivity index (χ4v) is 4.18. The SMILES string of the molecule is CCNC(=NCc1cccc(COC2CCOCC2)c1)NCC1(c2cccc(F)c2)CC1. The molecule has 0 amide bonds. The summed E-state index contributed by atoms with van der Waals surface area (Å²) in [6.07, 6.45) is 4.37. The molecule has 32 heavy (non-hydrogen) atoms. The Morgan fingerprint density at radius 1 is 1.09 bits per heavy atom. The third-order valence-corrected chi connectivity index (χ3v) is 6.29. The van der Waals surface area contributed by atoms with Gasteiger partial charge in [-0.1, -0.05) is 36.4 Å². The first kappa shape index (κ1) is 22.7. The van der Waals surface area contributed by atoms with E-state index in [2.05, 4.69) is 41.8 Å². The van der Waals surface area contributed by atoms with Crippen molar-refractivity contribution in [2.45, 2.75) is 57.3 Å². The first-order valence-electron chi connectivity index (χ1n) is 11.7. The third kappa shape index (κ3) is 6.30. The lowest BCUT2D eigenvalue weighted by Gasteiger charge is -2.22. The maximum absolute atomic E-state index is 13.7. The van der Waals surface area contributed by atoms with Gasteiger partial charge in [-0.05, 0) is 61.4 Å². The fourth-order valence-electron chi connectivity index (χ4n) is 4.18. The van der Waals surface area contributed by atoms with Gasteiger partial charge in [-0.15, -0.1) is 0 Å². The summed E-state index contributed by atoms with van der Waals surface area (Å²) in [6, 6.07) is 15.4. The average Bonchev–Trinajstić information content (AvgIpc) is 3.62. The van der Waals surface area contributed by atoms with E-state index >= 15 is 0 Å². The molecule has 0 bridgehead atoms. The largest absolute Gasteiger partial charge is 0.381 e. The van der Waals surface area contributed by atoms with Crippen molar-refractivity contribution >= 4 is 5.96 Å². The number of aliphatic imine (C=N–C) groups is 1. The lowest BCUT2D eigenvalue weighted by atomic mass is 9.96. The Morgan fingerprint density at radius 2 is 1.88 bits per heavy atom. The molecule has 2 N–H and O–H groups in total. The van der Waals surface area contributed by atoms with Crippen molar-refractivity contribution < 1.29 is 13.9 Å². The zero-order valence-corrected chi connectivity index (χ0v) is 18.9. The van der Waals surface area contributed by atoms with Crippen LogP contribution in [0.15, 0.2) is 53.5 Å². The second-order valence-electron chi connectivity index (χ2n) is 8.78. The molecule has 2 aliphatic rings. The molecular formula is C26H34FN3O2. The molecule has 0 spiro atoms. The van der Waals surface area contributed by atoms with Crippen LogP contribution in [0.4, 0.5) is 4.39 Å². The summed E-state index contributed by atoms with van der Waals surface area (Å²) < 4.78 is 25.1. The normalized spacial score (nSPS) is 18.4. The highest BCUT2D eigenvalue weighted by Crippen LogP contribution is 2.47. The van der Waals surface area contributed by atoms with Gasteiger partial charge in [0.2, 0.25) is 0 Å².